The van der Waals surface area contributed by atoms with Crippen LogP contribution in [0.2, 0.25) is 0 Å². The Bertz CT molecular complexity index is 553. The second kappa shape index (κ2) is 9.09. The maximum atomic E-state index is 9.71. The average Bonchev–Trinajstić information content (AvgIpc) is 3.27. The van der Waals surface area contributed by atoms with Gasteiger partial charge in [-0.3, -0.25) is 4.99 Å². The summed E-state index contributed by atoms with van der Waals surface area (Å²) in [4.78, 5) is 6.87. The van der Waals surface area contributed by atoms with Gasteiger partial charge in [-0.1, -0.05) is 12.1 Å². The molecular weight excluding hydrogens is 314 g/mol. The lowest BCUT2D eigenvalue weighted by atomic mass is 10.1. The Kier molecular flexibility index (Phi) is 6.56. The van der Waals surface area contributed by atoms with Crippen molar-refractivity contribution in [1.82, 2.24) is 10.2 Å². The molecule has 0 aromatic heterocycles. The first-order valence-corrected chi connectivity index (χ1v) is 9.71. The number of benzene rings is 1. The van der Waals surface area contributed by atoms with Crippen LogP contribution in [0.25, 0.3) is 0 Å². The number of ether oxygens (including phenoxy) is 1. The average molecular weight is 345 g/mol. The van der Waals surface area contributed by atoms with Crippen LogP contribution in [0.1, 0.15) is 44.6 Å². The number of nitrogens with zero attached hydrogens (tertiary/aromatic N) is 2. The van der Waals surface area contributed by atoms with Gasteiger partial charge >= 0.3 is 0 Å². The molecule has 25 heavy (non-hydrogen) atoms. The van der Waals surface area contributed by atoms with Gasteiger partial charge in [0.15, 0.2) is 5.96 Å². The van der Waals surface area contributed by atoms with Crippen LogP contribution in [0.15, 0.2) is 29.3 Å². The van der Waals surface area contributed by atoms with E-state index in [4.69, 9.17) is 9.73 Å². The number of aliphatic hydroxyl groups is 1. The molecule has 5 nitrogen and oxygen atoms in total. The van der Waals surface area contributed by atoms with E-state index in [1.165, 1.54) is 31.2 Å². The number of β-amino-alcohol motifs (C(OH)–C–C–N with tert-alkyl or cyclic N) is 1. The minimum absolute atomic E-state index is 0.226. The molecule has 138 valence electrons. The maximum absolute atomic E-state index is 9.71. The van der Waals surface area contributed by atoms with Crippen LogP contribution in [-0.4, -0.2) is 54.4 Å². The standard InChI is InChI=1S/C20H31N3O2/c1-2-21-20(23-14-12-17(24)15-23)22-13-11-16-7-9-19(10-8-16)25-18-5-3-4-6-18/h7-10,17-18,24H,2-6,11-15H2,1H3,(H,21,22)/t17-/m1/s1. The van der Waals surface area contributed by atoms with E-state index in [1.54, 1.807) is 0 Å². The lowest BCUT2D eigenvalue weighted by molar-refractivity contribution is 0.188. The van der Waals surface area contributed by atoms with Gasteiger partial charge in [0.2, 0.25) is 0 Å². The largest absolute Gasteiger partial charge is 0.490 e. The summed E-state index contributed by atoms with van der Waals surface area (Å²) in [5, 5.41) is 13.0. The first-order chi connectivity index (χ1) is 12.2. The van der Waals surface area contributed by atoms with E-state index in [2.05, 4.69) is 41.4 Å². The highest BCUT2D eigenvalue weighted by molar-refractivity contribution is 5.80. The molecule has 3 rings (SSSR count). The third kappa shape index (κ3) is 5.36. The van der Waals surface area contributed by atoms with E-state index in [9.17, 15) is 5.11 Å². The summed E-state index contributed by atoms with van der Waals surface area (Å²) in [7, 11) is 0. The summed E-state index contributed by atoms with van der Waals surface area (Å²) in [6.45, 7) is 5.22. The smallest absolute Gasteiger partial charge is 0.194 e. The van der Waals surface area contributed by atoms with Crippen molar-refractivity contribution in [3.8, 4) is 5.75 Å². The second-order valence-electron chi connectivity index (χ2n) is 7.04. The first-order valence-electron chi connectivity index (χ1n) is 9.71. The zero-order valence-electron chi connectivity index (χ0n) is 15.3. The Morgan fingerprint density at radius 1 is 1.24 bits per heavy atom. The molecule has 0 unspecified atom stereocenters. The highest BCUT2D eigenvalue weighted by atomic mass is 16.5. The molecule has 1 aromatic rings. The quantitative estimate of drug-likeness (QED) is 0.615. The highest BCUT2D eigenvalue weighted by Gasteiger charge is 2.22. The summed E-state index contributed by atoms with van der Waals surface area (Å²) in [6.07, 6.45) is 6.89. The molecule has 0 spiro atoms. The molecule has 1 saturated heterocycles. The molecule has 2 aliphatic rings. The monoisotopic (exact) mass is 345 g/mol. The molecule has 1 aliphatic heterocycles. The Labute approximate surface area is 151 Å². The summed E-state index contributed by atoms with van der Waals surface area (Å²) in [5.74, 6) is 1.90. The summed E-state index contributed by atoms with van der Waals surface area (Å²) < 4.78 is 6.01. The maximum Gasteiger partial charge on any atom is 0.194 e. The number of hydrogen-bond donors (Lipinski definition) is 2. The zero-order chi connectivity index (χ0) is 17.5. The fourth-order valence-electron chi connectivity index (χ4n) is 3.58. The van der Waals surface area contributed by atoms with Crippen LogP contribution in [-0.2, 0) is 6.42 Å². The van der Waals surface area contributed by atoms with Gasteiger partial charge in [-0.2, -0.15) is 0 Å². The van der Waals surface area contributed by atoms with Crippen molar-refractivity contribution in [1.29, 1.82) is 0 Å². The van der Waals surface area contributed by atoms with Crippen molar-refractivity contribution in [2.75, 3.05) is 26.2 Å². The lowest BCUT2D eigenvalue weighted by Crippen LogP contribution is -2.40. The molecule has 1 atom stereocenters. The molecule has 1 aliphatic carbocycles. The van der Waals surface area contributed by atoms with Crippen LogP contribution in [0.5, 0.6) is 5.75 Å². The van der Waals surface area contributed by atoms with Gasteiger partial charge in [0, 0.05) is 26.2 Å². The number of aliphatic hydroxyl groups excluding tert-OH is 1. The predicted octanol–water partition coefficient (Wildman–Crippen LogP) is 2.58. The van der Waals surface area contributed by atoms with E-state index >= 15 is 0 Å². The molecule has 5 heteroatoms. The SMILES string of the molecule is CCNC(=NCCc1ccc(OC2CCCC2)cc1)N1CC[C@@H](O)C1. The van der Waals surface area contributed by atoms with Gasteiger partial charge < -0.3 is 20.1 Å². The summed E-state index contributed by atoms with van der Waals surface area (Å²) in [5.41, 5.74) is 1.28. The fourth-order valence-corrected chi connectivity index (χ4v) is 3.58. The van der Waals surface area contributed by atoms with Gasteiger partial charge in [-0.15, -0.1) is 0 Å². The first kappa shape index (κ1) is 18.1. The van der Waals surface area contributed by atoms with E-state index in [1.807, 2.05) is 0 Å². The van der Waals surface area contributed by atoms with Gasteiger partial charge in [0.25, 0.3) is 0 Å². The fraction of sp³-hybridized carbons (Fsp3) is 0.650. The molecule has 0 amide bonds. The second-order valence-corrected chi connectivity index (χ2v) is 7.04. The number of hydrogen-bond acceptors (Lipinski definition) is 3. The summed E-state index contributed by atoms with van der Waals surface area (Å²) in [6, 6.07) is 8.46. The number of rotatable bonds is 6. The van der Waals surface area contributed by atoms with Crippen molar-refractivity contribution in [2.24, 2.45) is 4.99 Å². The Hall–Kier alpha value is -1.75. The molecule has 1 heterocycles. The number of nitrogens with one attached hydrogen (secondary N) is 1. The number of guanidine groups is 1. The van der Waals surface area contributed by atoms with E-state index in [0.717, 1.165) is 44.2 Å². The topological polar surface area (TPSA) is 57.1 Å². The van der Waals surface area contributed by atoms with Gasteiger partial charge in [0.05, 0.1) is 12.2 Å². The van der Waals surface area contributed by atoms with Crippen molar-refractivity contribution < 1.29 is 9.84 Å². The normalized spacial score (nSPS) is 21.8. The zero-order valence-corrected chi connectivity index (χ0v) is 15.3. The predicted molar refractivity (Wildman–Crippen MR) is 101 cm³/mol. The van der Waals surface area contributed by atoms with Gasteiger partial charge in [0.1, 0.15) is 5.75 Å². The lowest BCUT2D eigenvalue weighted by Gasteiger charge is -2.20. The Balaban J connectivity index is 1.49. The minimum atomic E-state index is -0.226. The van der Waals surface area contributed by atoms with Crippen LogP contribution in [0.3, 0.4) is 0 Å². The van der Waals surface area contributed by atoms with Crippen molar-refractivity contribution in [3.63, 3.8) is 0 Å². The Morgan fingerprint density at radius 3 is 2.64 bits per heavy atom. The number of aliphatic imine (C=N–C) groups is 1. The molecule has 0 bridgehead atoms. The van der Waals surface area contributed by atoms with Crippen molar-refractivity contribution in [2.45, 2.75) is 57.7 Å². The molecule has 1 aromatic carbocycles. The molecule has 2 N–H and O–H groups in total. The van der Waals surface area contributed by atoms with Crippen molar-refractivity contribution >= 4 is 5.96 Å². The van der Waals surface area contributed by atoms with Crippen molar-refractivity contribution in [3.05, 3.63) is 29.8 Å². The van der Waals surface area contributed by atoms with Crippen LogP contribution < -0.4 is 10.1 Å². The van der Waals surface area contributed by atoms with E-state index in [-0.39, 0.29) is 6.10 Å². The Morgan fingerprint density at radius 2 is 2.00 bits per heavy atom. The van der Waals surface area contributed by atoms with E-state index in [0.29, 0.717) is 12.6 Å². The van der Waals surface area contributed by atoms with Crippen LogP contribution >= 0.6 is 0 Å². The van der Waals surface area contributed by atoms with Gasteiger partial charge in [-0.05, 0) is 63.1 Å². The van der Waals surface area contributed by atoms with Gasteiger partial charge in [-0.25, -0.2) is 0 Å². The van der Waals surface area contributed by atoms with Crippen LogP contribution in [0.4, 0.5) is 0 Å². The molecular formula is C20H31N3O2. The number of likely N-dealkylation sites (tertiary alicyclic amines) is 1. The molecule has 0 radical (unpaired) electrons. The van der Waals surface area contributed by atoms with Crippen LogP contribution in [0, 0.1) is 0 Å². The highest BCUT2D eigenvalue weighted by Crippen LogP contribution is 2.24. The molecule has 2 fully saturated rings. The summed E-state index contributed by atoms with van der Waals surface area (Å²) >= 11 is 0. The molecule has 1 saturated carbocycles. The van der Waals surface area contributed by atoms with E-state index < -0.39 is 0 Å². The minimum Gasteiger partial charge on any atom is -0.490 e. The third-order valence-electron chi connectivity index (χ3n) is 4.99. The third-order valence-corrected chi connectivity index (χ3v) is 4.99.